The summed E-state index contributed by atoms with van der Waals surface area (Å²) in [7, 11) is 0. The molecule has 1 radical (unpaired) electrons. The van der Waals surface area contributed by atoms with Crippen molar-refractivity contribution in [2.24, 2.45) is 0 Å². The molecular formula is C7H9N2O2. The Bertz CT molecular complexity index is 208. The molecule has 1 rings (SSSR count). The Balaban J connectivity index is 2.62. The summed E-state index contributed by atoms with van der Waals surface area (Å²) in [5.74, 6) is 0. The molecule has 1 N–H and O–H groups in total. The molecule has 0 spiro atoms. The minimum atomic E-state index is -0.321. The van der Waals surface area contributed by atoms with E-state index in [0.717, 1.165) is 0 Å². The molecule has 0 aromatic carbocycles. The summed E-state index contributed by atoms with van der Waals surface area (Å²) in [5, 5.41) is 0. The van der Waals surface area contributed by atoms with Crippen LogP contribution in [0.2, 0.25) is 0 Å². The number of aromatic amines is 1. The summed E-state index contributed by atoms with van der Waals surface area (Å²) in [6.07, 6.45) is 3.38. The summed E-state index contributed by atoms with van der Waals surface area (Å²) >= 11 is 0. The topological polar surface area (TPSA) is 55.0 Å². The molecule has 0 aliphatic heterocycles. The molecule has 0 saturated carbocycles. The Morgan fingerprint density at radius 3 is 3.18 bits per heavy atom. The highest BCUT2D eigenvalue weighted by atomic mass is 16.5. The summed E-state index contributed by atoms with van der Waals surface area (Å²) < 4.78 is 4.71. The van der Waals surface area contributed by atoms with Crippen molar-refractivity contribution in [1.82, 2.24) is 9.97 Å². The molecule has 1 unspecified atom stereocenters. The third-order valence-corrected chi connectivity index (χ3v) is 1.33. The highest BCUT2D eigenvalue weighted by Crippen LogP contribution is 2.15. The summed E-state index contributed by atoms with van der Waals surface area (Å²) in [6.45, 7) is 4.03. The minimum absolute atomic E-state index is 0.321. The van der Waals surface area contributed by atoms with Crippen LogP contribution in [0, 0.1) is 6.92 Å². The van der Waals surface area contributed by atoms with Gasteiger partial charge < -0.3 is 9.72 Å². The zero-order valence-corrected chi connectivity index (χ0v) is 5.99. The predicted octanol–water partition coefficient (Wildman–Crippen LogP) is 0.848. The van der Waals surface area contributed by atoms with E-state index in [1.165, 1.54) is 6.33 Å². The molecule has 0 bridgehead atoms. The maximum absolute atomic E-state index is 9.98. The Kier molecular flexibility index (Phi) is 2.66. The zero-order chi connectivity index (χ0) is 8.10. The number of imidazole rings is 1. The maximum atomic E-state index is 9.98. The van der Waals surface area contributed by atoms with E-state index in [2.05, 4.69) is 16.9 Å². The van der Waals surface area contributed by atoms with Crippen molar-refractivity contribution in [2.45, 2.75) is 12.5 Å². The van der Waals surface area contributed by atoms with E-state index in [1.54, 1.807) is 6.20 Å². The highest BCUT2D eigenvalue weighted by molar-refractivity contribution is 5.38. The van der Waals surface area contributed by atoms with E-state index >= 15 is 0 Å². The quantitative estimate of drug-likeness (QED) is 0.652. The Morgan fingerprint density at radius 1 is 1.91 bits per heavy atom. The van der Waals surface area contributed by atoms with Crippen LogP contribution in [-0.2, 0) is 9.53 Å². The number of ether oxygens (including phenoxy) is 1. The lowest BCUT2D eigenvalue weighted by molar-refractivity contribution is -0.133. The van der Waals surface area contributed by atoms with Gasteiger partial charge in [-0.15, -0.1) is 0 Å². The first-order valence-electron chi connectivity index (χ1n) is 3.25. The van der Waals surface area contributed by atoms with Crippen LogP contribution in [0.5, 0.6) is 0 Å². The van der Waals surface area contributed by atoms with E-state index in [4.69, 9.17) is 4.74 Å². The van der Waals surface area contributed by atoms with Gasteiger partial charge in [0.1, 0.15) is 6.10 Å². The molecule has 4 nitrogen and oxygen atoms in total. The largest absolute Gasteiger partial charge is 0.458 e. The lowest BCUT2D eigenvalue weighted by Crippen LogP contribution is -2.01. The number of carbonyl (C=O) groups is 1. The average molecular weight is 153 g/mol. The minimum Gasteiger partial charge on any atom is -0.458 e. The third kappa shape index (κ3) is 1.80. The van der Waals surface area contributed by atoms with Gasteiger partial charge >= 0.3 is 0 Å². The van der Waals surface area contributed by atoms with Crippen LogP contribution < -0.4 is 0 Å². The first-order valence-corrected chi connectivity index (χ1v) is 3.25. The molecular weight excluding hydrogens is 144 g/mol. The Labute approximate surface area is 64.6 Å². The van der Waals surface area contributed by atoms with Crippen molar-refractivity contribution in [3.05, 3.63) is 25.1 Å². The molecule has 4 heteroatoms. The van der Waals surface area contributed by atoms with Crippen molar-refractivity contribution in [3.8, 4) is 0 Å². The predicted molar refractivity (Wildman–Crippen MR) is 38.5 cm³/mol. The van der Waals surface area contributed by atoms with Crippen LogP contribution in [0.15, 0.2) is 12.5 Å². The maximum Gasteiger partial charge on any atom is 0.293 e. The standard InChI is InChI=1S/C7H9N2O2/c1-2-7(11-5-10)6-3-8-4-9-6/h3-5,7H,1-2H2,(H,8,9). The first-order chi connectivity index (χ1) is 5.38. The van der Waals surface area contributed by atoms with Gasteiger partial charge in [-0.2, -0.15) is 0 Å². The summed E-state index contributed by atoms with van der Waals surface area (Å²) in [6, 6.07) is 0. The van der Waals surface area contributed by atoms with E-state index < -0.39 is 0 Å². The van der Waals surface area contributed by atoms with Crippen LogP contribution >= 0.6 is 0 Å². The fourth-order valence-corrected chi connectivity index (χ4v) is 0.800. The smallest absolute Gasteiger partial charge is 0.293 e. The van der Waals surface area contributed by atoms with Gasteiger partial charge in [0.05, 0.1) is 12.0 Å². The molecule has 0 saturated heterocycles. The molecule has 1 aromatic rings. The van der Waals surface area contributed by atoms with E-state index in [0.29, 0.717) is 18.6 Å². The van der Waals surface area contributed by atoms with Gasteiger partial charge in [0, 0.05) is 6.20 Å². The Hall–Kier alpha value is -1.32. The van der Waals surface area contributed by atoms with Gasteiger partial charge in [0.15, 0.2) is 0 Å². The second-order valence-electron chi connectivity index (χ2n) is 2.00. The number of nitrogens with zero attached hydrogens (tertiary/aromatic N) is 1. The fourth-order valence-electron chi connectivity index (χ4n) is 0.800. The lowest BCUT2D eigenvalue weighted by Gasteiger charge is -2.08. The summed E-state index contributed by atoms with van der Waals surface area (Å²) in [4.78, 5) is 16.7. The van der Waals surface area contributed by atoms with Gasteiger partial charge in [0.25, 0.3) is 6.47 Å². The van der Waals surface area contributed by atoms with Gasteiger partial charge in [-0.25, -0.2) is 4.98 Å². The van der Waals surface area contributed by atoms with Crippen LogP contribution in [0.4, 0.5) is 0 Å². The molecule has 11 heavy (non-hydrogen) atoms. The SMILES string of the molecule is [CH2]CC(OC=O)c1c[nH]cn1. The highest BCUT2D eigenvalue weighted by Gasteiger charge is 2.10. The second-order valence-corrected chi connectivity index (χ2v) is 2.00. The molecule has 0 aliphatic carbocycles. The number of aromatic nitrogens is 2. The number of hydrogen-bond acceptors (Lipinski definition) is 3. The number of rotatable bonds is 4. The van der Waals surface area contributed by atoms with Gasteiger partial charge in [-0.05, 0) is 13.3 Å². The van der Waals surface area contributed by atoms with Crippen molar-refractivity contribution in [2.75, 3.05) is 0 Å². The van der Waals surface area contributed by atoms with Crippen LogP contribution in [0.25, 0.3) is 0 Å². The molecule has 1 aromatic heterocycles. The second kappa shape index (κ2) is 3.75. The molecule has 0 aliphatic rings. The monoisotopic (exact) mass is 153 g/mol. The normalized spacial score (nSPS) is 12.5. The van der Waals surface area contributed by atoms with Crippen LogP contribution in [0.3, 0.4) is 0 Å². The van der Waals surface area contributed by atoms with Crippen molar-refractivity contribution in [3.63, 3.8) is 0 Å². The molecule has 0 fully saturated rings. The molecule has 1 atom stereocenters. The van der Waals surface area contributed by atoms with Gasteiger partial charge in [-0.3, -0.25) is 4.79 Å². The molecule has 59 valence electrons. The Morgan fingerprint density at radius 2 is 2.73 bits per heavy atom. The van der Waals surface area contributed by atoms with Crippen LogP contribution in [-0.4, -0.2) is 16.4 Å². The summed E-state index contributed by atoms with van der Waals surface area (Å²) in [5.41, 5.74) is 0.701. The van der Waals surface area contributed by atoms with Crippen molar-refractivity contribution >= 4 is 6.47 Å². The number of H-pyrrole nitrogens is 1. The van der Waals surface area contributed by atoms with E-state index in [1.807, 2.05) is 0 Å². The number of hydrogen-bond donors (Lipinski definition) is 1. The number of carbonyl (C=O) groups excluding carboxylic acids is 1. The number of nitrogens with one attached hydrogen (secondary N) is 1. The van der Waals surface area contributed by atoms with Gasteiger partial charge in [0.2, 0.25) is 0 Å². The fraction of sp³-hybridized carbons (Fsp3) is 0.286. The molecule has 0 amide bonds. The van der Waals surface area contributed by atoms with E-state index in [9.17, 15) is 4.79 Å². The zero-order valence-electron chi connectivity index (χ0n) is 5.99. The van der Waals surface area contributed by atoms with Crippen molar-refractivity contribution < 1.29 is 9.53 Å². The van der Waals surface area contributed by atoms with Crippen molar-refractivity contribution in [1.29, 1.82) is 0 Å². The third-order valence-electron chi connectivity index (χ3n) is 1.33. The first kappa shape index (κ1) is 7.78. The van der Waals surface area contributed by atoms with Gasteiger partial charge in [-0.1, -0.05) is 0 Å². The molecule has 1 heterocycles. The van der Waals surface area contributed by atoms with E-state index in [-0.39, 0.29) is 6.10 Å². The average Bonchev–Trinajstić information content (AvgIpc) is 2.52. The lowest BCUT2D eigenvalue weighted by atomic mass is 10.2. The van der Waals surface area contributed by atoms with Crippen LogP contribution in [0.1, 0.15) is 18.2 Å².